The molecule has 1 saturated heterocycles. The van der Waals surface area contributed by atoms with Crippen LogP contribution in [-0.4, -0.2) is 47.1 Å². The summed E-state index contributed by atoms with van der Waals surface area (Å²) in [5, 5.41) is 9.36. The van der Waals surface area contributed by atoms with Gasteiger partial charge in [-0.05, 0) is 50.6 Å². The largest absolute Gasteiger partial charge is 0.465 e. The maximum atomic E-state index is 12.9. The van der Waals surface area contributed by atoms with Crippen LogP contribution in [0.4, 0.5) is 0 Å². The Kier molecular flexibility index (Phi) is 6.47. The molecular formula is C21H28N2O3. The summed E-state index contributed by atoms with van der Waals surface area (Å²) in [5.41, 5.74) is 1.10. The first kappa shape index (κ1) is 18.7. The van der Waals surface area contributed by atoms with Crippen LogP contribution >= 0.6 is 0 Å². The number of nitrogens with zero attached hydrogens (tertiary/aromatic N) is 2. The van der Waals surface area contributed by atoms with Crippen molar-refractivity contribution in [3.05, 3.63) is 59.5 Å². The lowest BCUT2D eigenvalue weighted by Gasteiger charge is -2.33. The van der Waals surface area contributed by atoms with Crippen LogP contribution in [0.1, 0.15) is 29.9 Å². The maximum Gasteiger partial charge on any atom is 0.226 e. The van der Waals surface area contributed by atoms with Crippen molar-refractivity contribution in [1.29, 1.82) is 0 Å². The summed E-state index contributed by atoms with van der Waals surface area (Å²) in [7, 11) is 0. The van der Waals surface area contributed by atoms with Gasteiger partial charge in [0, 0.05) is 19.0 Å². The quantitative estimate of drug-likeness (QED) is 0.829. The number of aryl methyl sites for hydroxylation is 1. The van der Waals surface area contributed by atoms with Crippen molar-refractivity contribution in [2.75, 3.05) is 26.2 Å². The minimum Gasteiger partial charge on any atom is -0.465 e. The summed E-state index contributed by atoms with van der Waals surface area (Å²) in [6.07, 6.45) is 1.71. The predicted molar refractivity (Wildman–Crippen MR) is 100 cm³/mol. The van der Waals surface area contributed by atoms with Crippen molar-refractivity contribution >= 4 is 5.91 Å². The van der Waals surface area contributed by atoms with Gasteiger partial charge in [0.25, 0.3) is 0 Å². The number of carbonyl (C=O) groups excluding carboxylic acids is 1. The molecule has 1 aliphatic heterocycles. The number of aliphatic hydroxyl groups excluding tert-OH is 1. The van der Waals surface area contributed by atoms with Gasteiger partial charge in [0.05, 0.1) is 13.2 Å². The first-order chi connectivity index (χ1) is 12.7. The van der Waals surface area contributed by atoms with E-state index in [9.17, 15) is 9.90 Å². The maximum absolute atomic E-state index is 12.9. The van der Waals surface area contributed by atoms with E-state index in [1.807, 2.05) is 49.4 Å². The topological polar surface area (TPSA) is 56.9 Å². The van der Waals surface area contributed by atoms with E-state index < -0.39 is 0 Å². The molecule has 1 aromatic carbocycles. The van der Waals surface area contributed by atoms with Crippen molar-refractivity contribution in [2.24, 2.45) is 5.92 Å². The first-order valence-electron chi connectivity index (χ1n) is 9.37. The van der Waals surface area contributed by atoms with Crippen molar-refractivity contribution in [3.8, 4) is 0 Å². The number of furan rings is 1. The Morgan fingerprint density at radius 2 is 1.92 bits per heavy atom. The van der Waals surface area contributed by atoms with Gasteiger partial charge in [0.1, 0.15) is 11.5 Å². The van der Waals surface area contributed by atoms with Crippen LogP contribution in [0.25, 0.3) is 0 Å². The fourth-order valence-electron chi connectivity index (χ4n) is 3.58. The van der Waals surface area contributed by atoms with E-state index in [0.29, 0.717) is 13.1 Å². The summed E-state index contributed by atoms with van der Waals surface area (Å²) >= 11 is 0. The molecule has 26 heavy (non-hydrogen) atoms. The molecule has 1 amide bonds. The van der Waals surface area contributed by atoms with Crippen LogP contribution in [0.5, 0.6) is 0 Å². The lowest BCUT2D eigenvalue weighted by atomic mass is 9.95. The minimum atomic E-state index is -0.00470. The average molecular weight is 356 g/mol. The summed E-state index contributed by atoms with van der Waals surface area (Å²) in [5.74, 6) is 2.13. The Morgan fingerprint density at radius 3 is 2.54 bits per heavy atom. The summed E-state index contributed by atoms with van der Waals surface area (Å²) in [4.78, 5) is 17.1. The zero-order valence-corrected chi connectivity index (χ0v) is 15.4. The molecule has 0 radical (unpaired) electrons. The van der Waals surface area contributed by atoms with Gasteiger partial charge >= 0.3 is 0 Å². The molecule has 5 heteroatoms. The molecule has 1 aliphatic rings. The third-order valence-corrected chi connectivity index (χ3v) is 5.01. The van der Waals surface area contributed by atoms with Crippen LogP contribution in [-0.2, 0) is 17.9 Å². The van der Waals surface area contributed by atoms with Crippen LogP contribution in [0.2, 0.25) is 0 Å². The number of aliphatic hydroxyl groups is 1. The zero-order chi connectivity index (χ0) is 18.4. The van der Waals surface area contributed by atoms with Crippen molar-refractivity contribution < 1.29 is 14.3 Å². The van der Waals surface area contributed by atoms with Gasteiger partial charge < -0.3 is 14.4 Å². The smallest absolute Gasteiger partial charge is 0.226 e. The van der Waals surface area contributed by atoms with Gasteiger partial charge in [-0.1, -0.05) is 30.3 Å². The molecule has 2 heterocycles. The van der Waals surface area contributed by atoms with Crippen LogP contribution in [0.15, 0.2) is 46.9 Å². The van der Waals surface area contributed by atoms with E-state index in [-0.39, 0.29) is 18.4 Å². The molecule has 1 fully saturated rings. The minimum absolute atomic E-state index is 0.00470. The summed E-state index contributed by atoms with van der Waals surface area (Å²) in [6.45, 7) is 5.50. The standard InChI is InChI=1S/C21H28N2O3/c1-17-7-8-20(26-17)16-22-11-9-19(10-12-22)21(25)23(13-14-24)15-18-5-3-2-4-6-18/h2-8,19,24H,9-16H2,1H3. The van der Waals surface area contributed by atoms with Crippen molar-refractivity contribution in [3.63, 3.8) is 0 Å². The predicted octanol–water partition coefficient (Wildman–Crippen LogP) is 2.82. The first-order valence-corrected chi connectivity index (χ1v) is 9.37. The molecule has 0 unspecified atom stereocenters. The number of rotatable bonds is 7. The number of piperidine rings is 1. The Bertz CT molecular complexity index is 690. The van der Waals surface area contributed by atoms with Crippen LogP contribution in [0.3, 0.4) is 0 Å². The molecule has 0 saturated carbocycles. The van der Waals surface area contributed by atoms with E-state index in [0.717, 1.165) is 49.6 Å². The number of benzene rings is 1. The van der Waals surface area contributed by atoms with Crippen molar-refractivity contribution in [1.82, 2.24) is 9.80 Å². The van der Waals surface area contributed by atoms with Gasteiger partial charge in [-0.2, -0.15) is 0 Å². The molecule has 0 spiro atoms. The molecule has 140 valence electrons. The van der Waals surface area contributed by atoms with E-state index in [1.54, 1.807) is 4.90 Å². The van der Waals surface area contributed by atoms with Gasteiger partial charge in [-0.25, -0.2) is 0 Å². The van der Waals surface area contributed by atoms with Crippen LogP contribution < -0.4 is 0 Å². The molecule has 1 N–H and O–H groups in total. The molecule has 1 aromatic heterocycles. The van der Waals surface area contributed by atoms with Crippen molar-refractivity contribution in [2.45, 2.75) is 32.9 Å². The Morgan fingerprint density at radius 1 is 1.19 bits per heavy atom. The lowest BCUT2D eigenvalue weighted by Crippen LogP contribution is -2.43. The van der Waals surface area contributed by atoms with E-state index in [2.05, 4.69) is 4.90 Å². The zero-order valence-electron chi connectivity index (χ0n) is 15.4. The highest BCUT2D eigenvalue weighted by Gasteiger charge is 2.28. The van der Waals surface area contributed by atoms with Crippen LogP contribution in [0, 0.1) is 12.8 Å². The monoisotopic (exact) mass is 356 g/mol. The Balaban J connectivity index is 1.53. The second-order valence-electron chi connectivity index (χ2n) is 7.03. The normalized spacial score (nSPS) is 15.9. The number of carbonyl (C=O) groups is 1. The molecule has 0 atom stereocenters. The van der Waals surface area contributed by atoms with E-state index in [4.69, 9.17) is 4.42 Å². The van der Waals surface area contributed by atoms with E-state index >= 15 is 0 Å². The molecular weight excluding hydrogens is 328 g/mol. The second kappa shape index (κ2) is 9.01. The van der Waals surface area contributed by atoms with Gasteiger partial charge in [0.15, 0.2) is 0 Å². The number of hydrogen-bond acceptors (Lipinski definition) is 4. The van der Waals surface area contributed by atoms with Gasteiger partial charge in [-0.15, -0.1) is 0 Å². The number of hydrogen-bond donors (Lipinski definition) is 1. The number of likely N-dealkylation sites (tertiary alicyclic amines) is 1. The Labute approximate surface area is 155 Å². The molecule has 2 aromatic rings. The molecule has 0 bridgehead atoms. The fourth-order valence-corrected chi connectivity index (χ4v) is 3.58. The lowest BCUT2D eigenvalue weighted by molar-refractivity contribution is -0.138. The molecule has 3 rings (SSSR count). The van der Waals surface area contributed by atoms with E-state index in [1.165, 1.54) is 0 Å². The average Bonchev–Trinajstić information content (AvgIpc) is 3.07. The third-order valence-electron chi connectivity index (χ3n) is 5.01. The third kappa shape index (κ3) is 4.96. The van der Waals surface area contributed by atoms with Gasteiger partial charge in [-0.3, -0.25) is 9.69 Å². The fraction of sp³-hybridized carbons (Fsp3) is 0.476. The second-order valence-corrected chi connectivity index (χ2v) is 7.03. The van der Waals surface area contributed by atoms with Gasteiger partial charge in [0.2, 0.25) is 5.91 Å². The Hall–Kier alpha value is -2.11. The number of amides is 1. The summed E-state index contributed by atoms with van der Waals surface area (Å²) in [6, 6.07) is 14.0. The SMILES string of the molecule is Cc1ccc(CN2CCC(C(=O)N(CCO)Cc3ccccc3)CC2)o1. The highest BCUT2D eigenvalue weighted by molar-refractivity contribution is 5.79. The highest BCUT2D eigenvalue weighted by atomic mass is 16.3. The highest BCUT2D eigenvalue weighted by Crippen LogP contribution is 2.22. The summed E-state index contributed by atoms with van der Waals surface area (Å²) < 4.78 is 5.65. The molecule has 5 nitrogen and oxygen atoms in total. The molecule has 0 aliphatic carbocycles.